The van der Waals surface area contributed by atoms with E-state index in [2.05, 4.69) is 20.4 Å². The maximum absolute atomic E-state index is 14.9. The normalized spacial score (nSPS) is 13.2. The van der Waals surface area contributed by atoms with Gasteiger partial charge in [0.15, 0.2) is 0 Å². The van der Waals surface area contributed by atoms with Crippen molar-refractivity contribution in [2.45, 2.75) is 167 Å². The Morgan fingerprint density at radius 3 is 1.09 bits per heavy atom. The maximum atomic E-state index is 14.9. The van der Waals surface area contributed by atoms with Gasteiger partial charge in [-0.15, -0.1) is 6.58 Å². The molecule has 0 spiro atoms. The molecular weight excluding hydrogens is 461 g/mol. The molecule has 0 bridgehead atoms. The fourth-order valence-corrected chi connectivity index (χ4v) is 5.12. The smallest absolute Gasteiger partial charge is 0.300 e. The molecule has 0 amide bonds. The third-order valence-electron chi connectivity index (χ3n) is 6.69. The van der Waals surface area contributed by atoms with Crippen LogP contribution in [0, 0.1) is 0 Å². The van der Waals surface area contributed by atoms with E-state index in [1.165, 1.54) is 83.5 Å². The van der Waals surface area contributed by atoms with Crippen molar-refractivity contribution in [2.75, 3.05) is 6.54 Å². The molecule has 35 heavy (non-hydrogen) atoms. The molecule has 6 heteroatoms. The van der Waals surface area contributed by atoms with E-state index in [0.717, 1.165) is 38.5 Å². The molecule has 0 heterocycles. The lowest BCUT2D eigenvalue weighted by atomic mass is 10.0. The quantitative estimate of drug-likeness (QED) is 0.0711. The summed E-state index contributed by atoms with van der Waals surface area (Å²) in [5.41, 5.74) is 4.91. The minimum atomic E-state index is -4.65. The van der Waals surface area contributed by atoms with Gasteiger partial charge in [0, 0.05) is 6.54 Å². The molecule has 0 rings (SSSR count). The van der Waals surface area contributed by atoms with Gasteiger partial charge in [-0.2, -0.15) is 8.42 Å². The fourth-order valence-electron chi connectivity index (χ4n) is 4.31. The van der Waals surface area contributed by atoms with Gasteiger partial charge in [-0.1, -0.05) is 142 Å². The summed E-state index contributed by atoms with van der Waals surface area (Å²) in [7, 11) is -4.65. The lowest BCUT2D eigenvalue weighted by Crippen LogP contribution is -2.33. The highest BCUT2D eigenvalue weighted by Gasteiger charge is 2.42. The van der Waals surface area contributed by atoms with Crippen LogP contribution in [0.5, 0.6) is 0 Å². The van der Waals surface area contributed by atoms with E-state index in [0.29, 0.717) is 19.4 Å². The number of hydrogen-bond donors (Lipinski definition) is 2. The molecule has 212 valence electrons. The molecule has 0 aliphatic carbocycles. The fraction of sp³-hybridized carbons (Fsp3) is 0.931. The minimum absolute atomic E-state index is 0.0697. The largest absolute Gasteiger partial charge is 0.327 e. The lowest BCUT2D eigenvalue weighted by molar-refractivity contribution is 0.203. The Balaban J connectivity index is 0. The van der Waals surface area contributed by atoms with Crippen molar-refractivity contribution in [3.8, 4) is 0 Å². The monoisotopic (exact) mass is 521 g/mol. The number of rotatable bonds is 25. The average molecular weight is 522 g/mol. The van der Waals surface area contributed by atoms with Crippen molar-refractivity contribution < 1.29 is 17.4 Å². The third kappa shape index (κ3) is 25.0. The lowest BCUT2D eigenvalue weighted by Gasteiger charge is -2.22. The van der Waals surface area contributed by atoms with Crippen LogP contribution in [0.1, 0.15) is 162 Å². The zero-order valence-electron chi connectivity index (χ0n) is 23.4. The van der Waals surface area contributed by atoms with Crippen molar-refractivity contribution in [3.05, 3.63) is 12.7 Å². The molecule has 0 aromatic heterocycles. The molecule has 0 aromatic rings. The molecule has 0 aliphatic rings. The van der Waals surface area contributed by atoms with Gasteiger partial charge in [0.2, 0.25) is 5.00 Å². The molecule has 0 saturated heterocycles. The van der Waals surface area contributed by atoms with E-state index in [1.54, 1.807) is 6.08 Å². The van der Waals surface area contributed by atoms with Crippen LogP contribution < -0.4 is 5.73 Å². The summed E-state index contributed by atoms with van der Waals surface area (Å²) < 4.78 is 47.6. The van der Waals surface area contributed by atoms with Crippen molar-refractivity contribution in [1.82, 2.24) is 0 Å². The van der Waals surface area contributed by atoms with Gasteiger partial charge in [0.1, 0.15) is 0 Å². The van der Waals surface area contributed by atoms with Crippen LogP contribution in [-0.2, 0) is 10.1 Å². The molecule has 3 N–H and O–H groups in total. The van der Waals surface area contributed by atoms with Crippen molar-refractivity contribution in [3.63, 3.8) is 0 Å². The molecule has 1 unspecified atom stereocenters. The Labute approximate surface area is 218 Å². The molecule has 0 aromatic carbocycles. The Morgan fingerprint density at radius 1 is 0.657 bits per heavy atom. The van der Waals surface area contributed by atoms with Crippen molar-refractivity contribution >= 4 is 10.1 Å². The number of halogens is 1. The number of unbranched alkanes of at least 4 members (excludes halogenated alkanes) is 19. The van der Waals surface area contributed by atoms with E-state index < -0.39 is 15.1 Å². The van der Waals surface area contributed by atoms with Gasteiger partial charge in [-0.25, -0.2) is 4.39 Å². The van der Waals surface area contributed by atoms with E-state index in [1.807, 2.05) is 0 Å². The zero-order valence-corrected chi connectivity index (χ0v) is 24.2. The topological polar surface area (TPSA) is 80.4 Å². The average Bonchev–Trinajstić information content (AvgIpc) is 2.83. The number of nitrogens with two attached hydrogens (primary N) is 1. The van der Waals surface area contributed by atoms with E-state index in [-0.39, 0.29) is 12.8 Å². The van der Waals surface area contributed by atoms with Gasteiger partial charge in [-0.3, -0.25) is 4.55 Å². The second kappa shape index (κ2) is 26.6. The van der Waals surface area contributed by atoms with Crippen molar-refractivity contribution in [2.24, 2.45) is 5.73 Å². The van der Waals surface area contributed by atoms with Crippen LogP contribution >= 0.6 is 0 Å². The summed E-state index contributed by atoms with van der Waals surface area (Å²) in [5, 5.41) is -2.45. The van der Waals surface area contributed by atoms with Crippen LogP contribution in [0.3, 0.4) is 0 Å². The summed E-state index contributed by atoms with van der Waals surface area (Å²) in [5.74, 6) is 0. The standard InChI is InChI=1S/C26H53FO3S.C3H7N/c1-3-5-7-9-11-12-13-14-15-16-17-19-21-23-25-26(27,31(28,29)30)24-22-20-18-10-8-6-4-2;1-2-3-4/h3-25H2,1-2H3,(H,28,29,30);2H,1,3-4H2. The first kappa shape index (κ1) is 36.7. The number of alkyl halides is 1. The Morgan fingerprint density at radius 2 is 0.886 bits per heavy atom. The van der Waals surface area contributed by atoms with Crippen LogP contribution in [0.15, 0.2) is 12.7 Å². The Hall–Kier alpha value is -0.460. The molecule has 0 saturated carbocycles. The molecule has 0 radical (unpaired) electrons. The molecule has 4 nitrogen and oxygen atoms in total. The van der Waals surface area contributed by atoms with E-state index in [4.69, 9.17) is 5.73 Å². The minimum Gasteiger partial charge on any atom is -0.327 e. The summed E-state index contributed by atoms with van der Waals surface area (Å²) in [4.78, 5) is 0. The van der Waals surface area contributed by atoms with E-state index >= 15 is 0 Å². The first-order chi connectivity index (χ1) is 16.8. The second-order valence-electron chi connectivity index (χ2n) is 10.1. The predicted octanol–water partition coefficient (Wildman–Crippen LogP) is 9.68. The second-order valence-corrected chi connectivity index (χ2v) is 11.8. The van der Waals surface area contributed by atoms with Crippen LogP contribution in [0.2, 0.25) is 0 Å². The predicted molar refractivity (Wildman–Crippen MR) is 152 cm³/mol. The molecule has 0 aliphatic heterocycles. The maximum Gasteiger partial charge on any atom is 0.300 e. The summed E-state index contributed by atoms with van der Waals surface area (Å²) in [6.07, 6.45) is 25.4. The van der Waals surface area contributed by atoms with Crippen LogP contribution in [0.4, 0.5) is 4.39 Å². The van der Waals surface area contributed by atoms with Gasteiger partial charge in [0.25, 0.3) is 10.1 Å². The van der Waals surface area contributed by atoms with Gasteiger partial charge >= 0.3 is 0 Å². The zero-order chi connectivity index (χ0) is 26.7. The Kier molecular flexibility index (Phi) is 27.9. The highest BCUT2D eigenvalue weighted by molar-refractivity contribution is 7.87. The number of hydrogen-bond acceptors (Lipinski definition) is 3. The Bertz CT molecular complexity index is 542. The first-order valence-corrected chi connectivity index (χ1v) is 16.2. The van der Waals surface area contributed by atoms with Gasteiger partial charge in [-0.05, 0) is 25.7 Å². The van der Waals surface area contributed by atoms with Gasteiger partial charge in [0.05, 0.1) is 0 Å². The summed E-state index contributed by atoms with van der Waals surface area (Å²) in [6, 6.07) is 0. The summed E-state index contributed by atoms with van der Waals surface area (Å²) in [6.45, 7) is 8.35. The highest BCUT2D eigenvalue weighted by Crippen LogP contribution is 2.32. The van der Waals surface area contributed by atoms with Crippen LogP contribution in [-0.4, -0.2) is 24.5 Å². The first-order valence-electron chi connectivity index (χ1n) is 14.8. The molecule has 0 fully saturated rings. The summed E-state index contributed by atoms with van der Waals surface area (Å²) >= 11 is 0. The van der Waals surface area contributed by atoms with Crippen molar-refractivity contribution in [1.29, 1.82) is 0 Å². The van der Waals surface area contributed by atoms with Crippen LogP contribution in [0.25, 0.3) is 0 Å². The SMILES string of the molecule is C=CCN.CCCCCCCCCCCCCCCCC(F)(CCCCCCCCC)S(=O)(=O)O. The third-order valence-corrected chi connectivity index (χ3v) is 8.02. The molecule has 1 atom stereocenters. The van der Waals surface area contributed by atoms with Gasteiger partial charge < -0.3 is 5.73 Å². The molecular formula is C29H60FNO3S. The highest BCUT2D eigenvalue weighted by atomic mass is 32.2. The van der Waals surface area contributed by atoms with E-state index in [9.17, 15) is 17.4 Å².